The Balaban J connectivity index is 1.43. The molecule has 0 aliphatic heterocycles. The van der Waals surface area contributed by atoms with Crippen LogP contribution in [0.4, 0.5) is 5.69 Å². The average Bonchev–Trinajstić information content (AvgIpc) is 3.57. The van der Waals surface area contributed by atoms with Gasteiger partial charge in [-0.1, -0.05) is 78.9 Å². The molecule has 42 heavy (non-hydrogen) atoms. The lowest BCUT2D eigenvalue weighted by Crippen LogP contribution is -2.00. The number of para-hydroxylation sites is 3. The van der Waals surface area contributed by atoms with Crippen LogP contribution in [0.15, 0.2) is 133 Å². The summed E-state index contributed by atoms with van der Waals surface area (Å²) in [6, 6.07) is 48.0. The van der Waals surface area contributed by atoms with Crippen molar-refractivity contribution in [2.45, 2.75) is 0 Å². The van der Waals surface area contributed by atoms with Crippen molar-refractivity contribution in [2.24, 2.45) is 0 Å². The van der Waals surface area contributed by atoms with Gasteiger partial charge in [0.25, 0.3) is 0 Å². The van der Waals surface area contributed by atoms with Crippen molar-refractivity contribution in [3.63, 3.8) is 0 Å². The van der Waals surface area contributed by atoms with E-state index >= 15 is 0 Å². The maximum atomic E-state index is 9.62. The fourth-order valence-corrected chi connectivity index (χ4v) is 6.31. The van der Waals surface area contributed by atoms with Gasteiger partial charge in [-0.2, -0.15) is 5.26 Å². The summed E-state index contributed by atoms with van der Waals surface area (Å²) < 4.78 is 4.68. The van der Waals surface area contributed by atoms with Crippen LogP contribution >= 0.6 is 0 Å². The highest BCUT2D eigenvalue weighted by atomic mass is 15.1. The molecule has 194 valence electrons. The van der Waals surface area contributed by atoms with Crippen molar-refractivity contribution in [3.8, 4) is 28.6 Å². The van der Waals surface area contributed by atoms with Gasteiger partial charge in [-0.25, -0.2) is 4.85 Å². The maximum absolute atomic E-state index is 9.62. The Morgan fingerprint density at radius 1 is 0.548 bits per heavy atom. The number of fused-ring (bicyclic) bond motifs is 6. The fraction of sp³-hybridized carbons (Fsp3) is 0. The minimum atomic E-state index is 0.636. The van der Waals surface area contributed by atoms with Crippen molar-refractivity contribution in [1.29, 1.82) is 5.26 Å². The molecule has 0 fully saturated rings. The number of nitrogens with zero attached hydrogens (tertiary/aromatic N) is 4. The molecular formula is C38H22N4. The number of aromatic nitrogens is 2. The van der Waals surface area contributed by atoms with Gasteiger partial charge in [0.2, 0.25) is 0 Å². The normalized spacial score (nSPS) is 11.3. The Morgan fingerprint density at radius 3 is 1.98 bits per heavy atom. The van der Waals surface area contributed by atoms with E-state index in [1.807, 2.05) is 36.4 Å². The second-order valence-corrected chi connectivity index (χ2v) is 10.4. The van der Waals surface area contributed by atoms with Gasteiger partial charge < -0.3 is 9.13 Å². The summed E-state index contributed by atoms with van der Waals surface area (Å²) in [5.41, 5.74) is 9.94. The van der Waals surface area contributed by atoms with Crippen LogP contribution in [0, 0.1) is 17.9 Å². The Labute approximate surface area is 242 Å². The number of benzene rings is 6. The first-order valence-corrected chi connectivity index (χ1v) is 13.8. The molecule has 6 aromatic carbocycles. The van der Waals surface area contributed by atoms with Crippen LogP contribution < -0.4 is 0 Å². The first-order valence-electron chi connectivity index (χ1n) is 13.8. The zero-order valence-electron chi connectivity index (χ0n) is 22.5. The van der Waals surface area contributed by atoms with Crippen LogP contribution in [0.25, 0.3) is 71.0 Å². The molecule has 0 atom stereocenters. The molecule has 0 amide bonds. The topological polar surface area (TPSA) is 38.0 Å². The van der Waals surface area contributed by atoms with Crippen LogP contribution in [0.3, 0.4) is 0 Å². The predicted molar refractivity (Wildman–Crippen MR) is 172 cm³/mol. The molecule has 0 saturated heterocycles. The van der Waals surface area contributed by atoms with Crippen molar-refractivity contribution in [3.05, 3.63) is 150 Å². The van der Waals surface area contributed by atoms with Gasteiger partial charge in [-0.3, -0.25) is 0 Å². The number of hydrogen-bond donors (Lipinski definition) is 0. The zero-order valence-corrected chi connectivity index (χ0v) is 22.5. The smallest absolute Gasteiger partial charge is 0.187 e. The van der Waals surface area contributed by atoms with Gasteiger partial charge in [-0.15, -0.1) is 0 Å². The largest absolute Gasteiger partial charge is 0.307 e. The molecule has 0 aliphatic carbocycles. The standard InChI is InChI=1S/C38H22N4/c1-40-28-9-6-8-27(23-28)26-17-19-29(20-18-26)41-34-13-4-2-10-30(34)32-12-7-15-37(38(32)41)42-35-14-5-3-11-31(35)33-22-25(24-39)16-21-36(33)42/h2-23H. The monoisotopic (exact) mass is 534 g/mol. The first-order chi connectivity index (χ1) is 20.7. The van der Waals surface area contributed by atoms with E-state index in [-0.39, 0.29) is 0 Å². The third-order valence-corrected chi connectivity index (χ3v) is 8.15. The van der Waals surface area contributed by atoms with Crippen molar-refractivity contribution < 1.29 is 0 Å². The molecule has 4 nitrogen and oxygen atoms in total. The highest BCUT2D eigenvalue weighted by molar-refractivity contribution is 6.15. The maximum Gasteiger partial charge on any atom is 0.187 e. The first kappa shape index (κ1) is 23.8. The quantitative estimate of drug-likeness (QED) is 0.208. The van der Waals surface area contributed by atoms with E-state index in [4.69, 9.17) is 6.57 Å². The summed E-state index contributed by atoms with van der Waals surface area (Å²) in [5, 5.41) is 14.2. The molecular weight excluding hydrogens is 512 g/mol. The van der Waals surface area contributed by atoms with Crippen molar-refractivity contribution in [2.75, 3.05) is 0 Å². The molecule has 2 heterocycles. The lowest BCUT2D eigenvalue weighted by atomic mass is 10.0. The van der Waals surface area contributed by atoms with Crippen LogP contribution in [0.2, 0.25) is 0 Å². The number of rotatable bonds is 3. The van der Waals surface area contributed by atoms with E-state index in [0.717, 1.165) is 55.3 Å². The van der Waals surface area contributed by atoms with Crippen molar-refractivity contribution in [1.82, 2.24) is 9.13 Å². The Bertz CT molecular complexity index is 2430. The van der Waals surface area contributed by atoms with Gasteiger partial charge >= 0.3 is 0 Å². The van der Waals surface area contributed by atoms with E-state index in [1.54, 1.807) is 0 Å². The summed E-state index contributed by atoms with van der Waals surface area (Å²) in [5.74, 6) is 0. The van der Waals surface area contributed by atoms with E-state index in [9.17, 15) is 5.26 Å². The molecule has 0 spiro atoms. The molecule has 0 aliphatic rings. The van der Waals surface area contributed by atoms with Gasteiger partial charge in [0.1, 0.15) is 0 Å². The average molecular weight is 535 g/mol. The van der Waals surface area contributed by atoms with Crippen LogP contribution in [0.1, 0.15) is 5.56 Å². The molecule has 8 rings (SSSR count). The molecule has 0 bridgehead atoms. The van der Waals surface area contributed by atoms with Gasteiger partial charge in [-0.05, 0) is 65.7 Å². The molecule has 0 saturated carbocycles. The van der Waals surface area contributed by atoms with Crippen LogP contribution in [-0.4, -0.2) is 9.13 Å². The zero-order chi connectivity index (χ0) is 28.2. The fourth-order valence-electron chi connectivity index (χ4n) is 6.31. The minimum absolute atomic E-state index is 0.636. The molecule has 2 aromatic heterocycles. The summed E-state index contributed by atoms with van der Waals surface area (Å²) >= 11 is 0. The van der Waals surface area contributed by atoms with Gasteiger partial charge in [0.15, 0.2) is 5.69 Å². The Hall–Kier alpha value is -6.10. The van der Waals surface area contributed by atoms with Gasteiger partial charge in [0.05, 0.1) is 46.0 Å². The summed E-state index contributed by atoms with van der Waals surface area (Å²) in [4.78, 5) is 3.60. The lowest BCUT2D eigenvalue weighted by Gasteiger charge is -2.15. The SMILES string of the molecule is [C-]#[N+]c1cccc(-c2ccc(-n3c4ccccc4c4cccc(-n5c6ccccc6c6cc(C#N)ccc65)c43)cc2)c1. The molecule has 0 unspecified atom stereocenters. The molecule has 0 radical (unpaired) electrons. The van der Waals surface area contributed by atoms with E-state index in [0.29, 0.717) is 11.3 Å². The summed E-state index contributed by atoms with van der Waals surface area (Å²) in [7, 11) is 0. The highest BCUT2D eigenvalue weighted by Gasteiger charge is 2.20. The second-order valence-electron chi connectivity index (χ2n) is 10.4. The highest BCUT2D eigenvalue weighted by Crippen LogP contribution is 2.40. The molecule has 0 N–H and O–H groups in total. The number of nitriles is 1. The van der Waals surface area contributed by atoms with Gasteiger partial charge in [0, 0.05) is 27.2 Å². The minimum Gasteiger partial charge on any atom is -0.307 e. The molecule has 8 aromatic rings. The predicted octanol–water partition coefficient (Wildman–Crippen LogP) is 9.97. The van der Waals surface area contributed by atoms with Crippen molar-refractivity contribution >= 4 is 49.3 Å². The number of hydrogen-bond acceptors (Lipinski definition) is 1. The van der Waals surface area contributed by atoms with Crippen LogP contribution in [-0.2, 0) is 0 Å². The Kier molecular flexibility index (Phi) is 5.22. The second kappa shape index (κ2) is 9.24. The third-order valence-electron chi connectivity index (χ3n) is 8.15. The molecule has 4 heteroatoms. The van der Waals surface area contributed by atoms with E-state index in [2.05, 4.69) is 117 Å². The van der Waals surface area contributed by atoms with E-state index in [1.165, 1.54) is 10.8 Å². The Morgan fingerprint density at radius 2 is 1.21 bits per heavy atom. The lowest BCUT2D eigenvalue weighted by molar-refractivity contribution is 1.13. The van der Waals surface area contributed by atoms with E-state index < -0.39 is 0 Å². The summed E-state index contributed by atoms with van der Waals surface area (Å²) in [6.45, 7) is 7.39. The summed E-state index contributed by atoms with van der Waals surface area (Å²) in [6.07, 6.45) is 0. The third kappa shape index (κ3) is 3.47. The van der Waals surface area contributed by atoms with Crippen LogP contribution in [0.5, 0.6) is 0 Å².